The minimum Gasteiger partial charge on any atom is -0.320 e. The SMILES string of the molecule is CCCC(C)(C)CC(C)(CCC)CCNC. The molecule has 0 aromatic rings. The van der Waals surface area contributed by atoms with E-state index in [4.69, 9.17) is 0 Å². The number of hydrogen-bond acceptors (Lipinski definition) is 1. The number of nitrogens with one attached hydrogen (secondary N) is 1. The molecule has 0 radical (unpaired) electrons. The average molecular weight is 227 g/mol. The third-order valence-corrected chi connectivity index (χ3v) is 3.66. The smallest absolute Gasteiger partial charge is 0.00467 e. The van der Waals surface area contributed by atoms with Gasteiger partial charge in [-0.2, -0.15) is 0 Å². The molecule has 1 heteroatoms. The predicted molar refractivity (Wildman–Crippen MR) is 74.9 cm³/mol. The number of hydrogen-bond donors (Lipinski definition) is 1. The Balaban J connectivity index is 4.39. The van der Waals surface area contributed by atoms with Crippen molar-refractivity contribution in [2.75, 3.05) is 13.6 Å². The first-order valence-corrected chi connectivity index (χ1v) is 7.04. The summed E-state index contributed by atoms with van der Waals surface area (Å²) >= 11 is 0. The van der Waals surface area contributed by atoms with E-state index >= 15 is 0 Å². The minimum atomic E-state index is 0.506. The van der Waals surface area contributed by atoms with Crippen molar-refractivity contribution in [2.24, 2.45) is 10.8 Å². The average Bonchev–Trinajstić information content (AvgIpc) is 2.14. The topological polar surface area (TPSA) is 12.0 Å². The Hall–Kier alpha value is -0.0400. The third-order valence-electron chi connectivity index (χ3n) is 3.66. The fourth-order valence-electron chi connectivity index (χ4n) is 3.25. The van der Waals surface area contributed by atoms with Gasteiger partial charge in [0.25, 0.3) is 0 Å². The van der Waals surface area contributed by atoms with E-state index in [0.29, 0.717) is 10.8 Å². The molecule has 1 atom stereocenters. The molecule has 0 bridgehead atoms. The molecule has 0 heterocycles. The fraction of sp³-hybridized carbons (Fsp3) is 1.00. The molecule has 98 valence electrons. The standard InChI is InChI=1S/C15H33N/c1-7-9-14(3,4)13-15(5,10-8-2)11-12-16-6/h16H,7-13H2,1-6H3. The highest BCUT2D eigenvalue weighted by Crippen LogP contribution is 2.42. The van der Waals surface area contributed by atoms with Gasteiger partial charge in [-0.3, -0.25) is 0 Å². The summed E-state index contributed by atoms with van der Waals surface area (Å²) in [4.78, 5) is 0. The molecule has 0 aromatic heterocycles. The van der Waals surface area contributed by atoms with E-state index < -0.39 is 0 Å². The quantitative estimate of drug-likeness (QED) is 0.606. The van der Waals surface area contributed by atoms with E-state index in [-0.39, 0.29) is 0 Å². The second-order valence-electron chi connectivity index (χ2n) is 6.51. The number of rotatable bonds is 9. The first-order chi connectivity index (χ1) is 7.39. The normalized spacial score (nSPS) is 16.1. The lowest BCUT2D eigenvalue weighted by molar-refractivity contribution is 0.141. The molecular formula is C15H33N. The minimum absolute atomic E-state index is 0.506. The molecule has 16 heavy (non-hydrogen) atoms. The Labute approximate surface area is 103 Å². The molecule has 1 nitrogen and oxygen atoms in total. The van der Waals surface area contributed by atoms with Crippen molar-refractivity contribution < 1.29 is 0 Å². The molecule has 0 aliphatic carbocycles. The van der Waals surface area contributed by atoms with E-state index in [2.05, 4.69) is 47.0 Å². The zero-order valence-electron chi connectivity index (χ0n) is 12.4. The fourth-order valence-corrected chi connectivity index (χ4v) is 3.25. The van der Waals surface area contributed by atoms with Crippen LogP contribution >= 0.6 is 0 Å². The highest BCUT2D eigenvalue weighted by atomic mass is 14.8. The van der Waals surface area contributed by atoms with Crippen LogP contribution in [0.2, 0.25) is 0 Å². The van der Waals surface area contributed by atoms with Crippen LogP contribution in [0.5, 0.6) is 0 Å². The van der Waals surface area contributed by atoms with Crippen molar-refractivity contribution >= 4 is 0 Å². The van der Waals surface area contributed by atoms with Gasteiger partial charge in [-0.25, -0.2) is 0 Å². The van der Waals surface area contributed by atoms with Crippen LogP contribution in [-0.4, -0.2) is 13.6 Å². The summed E-state index contributed by atoms with van der Waals surface area (Å²) in [5, 5.41) is 3.30. The van der Waals surface area contributed by atoms with E-state index in [1.807, 2.05) is 0 Å². The molecule has 0 fully saturated rings. The monoisotopic (exact) mass is 227 g/mol. The Morgan fingerprint density at radius 1 is 0.875 bits per heavy atom. The van der Waals surface area contributed by atoms with Crippen molar-refractivity contribution in [2.45, 2.75) is 73.1 Å². The molecule has 0 saturated heterocycles. The van der Waals surface area contributed by atoms with Crippen LogP contribution in [-0.2, 0) is 0 Å². The molecule has 0 amide bonds. The molecule has 0 spiro atoms. The molecule has 0 saturated carbocycles. The van der Waals surface area contributed by atoms with Gasteiger partial charge >= 0.3 is 0 Å². The summed E-state index contributed by atoms with van der Waals surface area (Å²) < 4.78 is 0. The van der Waals surface area contributed by atoms with Crippen LogP contribution in [0.25, 0.3) is 0 Å². The summed E-state index contributed by atoms with van der Waals surface area (Å²) in [6.45, 7) is 13.1. The van der Waals surface area contributed by atoms with Gasteiger partial charge in [0.05, 0.1) is 0 Å². The van der Waals surface area contributed by atoms with Crippen molar-refractivity contribution in [1.82, 2.24) is 5.32 Å². The zero-order valence-corrected chi connectivity index (χ0v) is 12.4. The van der Waals surface area contributed by atoms with Gasteiger partial charge < -0.3 is 5.32 Å². The highest BCUT2D eigenvalue weighted by Gasteiger charge is 2.30. The van der Waals surface area contributed by atoms with Crippen LogP contribution in [0, 0.1) is 10.8 Å². The highest BCUT2D eigenvalue weighted by molar-refractivity contribution is 4.82. The molecule has 1 N–H and O–H groups in total. The largest absolute Gasteiger partial charge is 0.320 e. The zero-order chi connectivity index (χ0) is 12.7. The molecule has 0 aliphatic heterocycles. The lowest BCUT2D eigenvalue weighted by Crippen LogP contribution is -2.29. The van der Waals surface area contributed by atoms with Gasteiger partial charge in [0, 0.05) is 0 Å². The summed E-state index contributed by atoms with van der Waals surface area (Å²) in [6.07, 6.45) is 8.01. The second kappa shape index (κ2) is 7.32. The molecule has 0 aromatic carbocycles. The van der Waals surface area contributed by atoms with Gasteiger partial charge in [-0.15, -0.1) is 0 Å². The summed E-state index contributed by atoms with van der Waals surface area (Å²) in [6, 6.07) is 0. The Bertz CT molecular complexity index is 174. The molecule has 1 unspecified atom stereocenters. The van der Waals surface area contributed by atoms with E-state index in [0.717, 1.165) is 6.54 Å². The van der Waals surface area contributed by atoms with Crippen molar-refractivity contribution in [1.29, 1.82) is 0 Å². The van der Waals surface area contributed by atoms with Crippen LogP contribution in [0.3, 0.4) is 0 Å². The predicted octanol–water partition coefficient (Wildman–Crippen LogP) is 4.62. The van der Waals surface area contributed by atoms with Gasteiger partial charge in [-0.05, 0) is 50.1 Å². The lowest BCUT2D eigenvalue weighted by atomic mass is 9.68. The van der Waals surface area contributed by atoms with Crippen molar-refractivity contribution in [3.8, 4) is 0 Å². The maximum Gasteiger partial charge on any atom is -0.00467 e. The van der Waals surface area contributed by atoms with Crippen LogP contribution in [0.1, 0.15) is 73.1 Å². The first kappa shape index (κ1) is 16.0. The van der Waals surface area contributed by atoms with E-state index in [9.17, 15) is 0 Å². The molecule has 0 rings (SSSR count). The first-order valence-electron chi connectivity index (χ1n) is 7.04. The van der Waals surface area contributed by atoms with E-state index in [1.54, 1.807) is 0 Å². The van der Waals surface area contributed by atoms with Crippen LogP contribution < -0.4 is 5.32 Å². The summed E-state index contributed by atoms with van der Waals surface area (Å²) in [5.74, 6) is 0. The summed E-state index contributed by atoms with van der Waals surface area (Å²) in [7, 11) is 2.06. The molecular weight excluding hydrogens is 194 g/mol. The van der Waals surface area contributed by atoms with Gasteiger partial charge in [0.15, 0.2) is 0 Å². The molecule has 0 aliphatic rings. The van der Waals surface area contributed by atoms with Crippen molar-refractivity contribution in [3.63, 3.8) is 0 Å². The third kappa shape index (κ3) is 6.52. The Morgan fingerprint density at radius 3 is 1.88 bits per heavy atom. The van der Waals surface area contributed by atoms with Crippen LogP contribution in [0.15, 0.2) is 0 Å². The maximum atomic E-state index is 3.30. The summed E-state index contributed by atoms with van der Waals surface area (Å²) in [5.41, 5.74) is 1.03. The maximum absolute atomic E-state index is 3.30. The van der Waals surface area contributed by atoms with E-state index in [1.165, 1.54) is 38.5 Å². The van der Waals surface area contributed by atoms with Crippen molar-refractivity contribution in [3.05, 3.63) is 0 Å². The Morgan fingerprint density at radius 2 is 1.44 bits per heavy atom. The van der Waals surface area contributed by atoms with Gasteiger partial charge in [-0.1, -0.05) is 47.5 Å². The second-order valence-corrected chi connectivity index (χ2v) is 6.51. The Kier molecular flexibility index (Phi) is 7.30. The lowest BCUT2D eigenvalue weighted by Gasteiger charge is -2.38. The van der Waals surface area contributed by atoms with Crippen LogP contribution in [0.4, 0.5) is 0 Å². The van der Waals surface area contributed by atoms with Gasteiger partial charge in [0.1, 0.15) is 0 Å². The van der Waals surface area contributed by atoms with Gasteiger partial charge in [0.2, 0.25) is 0 Å².